The molecule has 0 aliphatic rings. The van der Waals surface area contributed by atoms with Crippen LogP contribution in [0.15, 0.2) is 54.6 Å². The Balaban J connectivity index is 2.08. The molecule has 0 aliphatic heterocycles. The van der Waals surface area contributed by atoms with Crippen LogP contribution >= 0.6 is 0 Å². The summed E-state index contributed by atoms with van der Waals surface area (Å²) < 4.78 is 0. The average molecular weight is 398 g/mol. The van der Waals surface area contributed by atoms with Gasteiger partial charge in [0.05, 0.1) is 12.5 Å². The first-order valence-electron chi connectivity index (χ1n) is 9.55. The van der Waals surface area contributed by atoms with E-state index in [9.17, 15) is 24.7 Å². The van der Waals surface area contributed by atoms with Crippen LogP contribution in [0.5, 0.6) is 0 Å². The lowest BCUT2D eigenvalue weighted by Gasteiger charge is -2.23. The molecular formula is C21H27BN2O5. The lowest BCUT2D eigenvalue weighted by molar-refractivity contribution is -0.124. The van der Waals surface area contributed by atoms with Crippen LogP contribution in [-0.2, 0) is 4.79 Å². The quantitative estimate of drug-likeness (QED) is 0.404. The van der Waals surface area contributed by atoms with Gasteiger partial charge in [-0.3, -0.25) is 9.59 Å². The van der Waals surface area contributed by atoms with Crippen LogP contribution in [0, 0.1) is 5.92 Å². The number of hydrogen-bond acceptors (Lipinski definition) is 5. The van der Waals surface area contributed by atoms with E-state index in [1.54, 1.807) is 18.2 Å². The fraction of sp³-hybridized carbons (Fsp3) is 0.333. The molecule has 0 radical (unpaired) electrons. The molecule has 0 bridgehead atoms. The first-order chi connectivity index (χ1) is 13.8. The third kappa shape index (κ3) is 6.71. The summed E-state index contributed by atoms with van der Waals surface area (Å²) in [6.07, 6.45) is 0.342. The summed E-state index contributed by atoms with van der Waals surface area (Å²) in [5.74, 6) is -1.97. The van der Waals surface area contributed by atoms with Crippen LogP contribution in [0.3, 0.4) is 0 Å². The third-order valence-electron chi connectivity index (χ3n) is 4.45. The molecule has 0 aromatic heterocycles. The third-order valence-corrected chi connectivity index (χ3v) is 4.45. The Hall–Kier alpha value is -2.68. The number of nitrogens with one attached hydrogen (secondary N) is 2. The van der Waals surface area contributed by atoms with Crippen LogP contribution < -0.4 is 10.6 Å². The largest absolute Gasteiger partial charge is 0.475 e. The van der Waals surface area contributed by atoms with E-state index in [-0.39, 0.29) is 5.92 Å². The zero-order chi connectivity index (χ0) is 21.4. The van der Waals surface area contributed by atoms with Gasteiger partial charge in [0.2, 0.25) is 5.91 Å². The van der Waals surface area contributed by atoms with Gasteiger partial charge in [-0.2, -0.15) is 0 Å². The summed E-state index contributed by atoms with van der Waals surface area (Å²) in [6, 6.07) is 15.3. The SMILES string of the molecule is CC(C)C[C@H](NC(=O)[C@H](CO)NC(=O)c1cccc(-c2ccccc2)c1)B(O)O. The fourth-order valence-electron chi connectivity index (χ4n) is 2.95. The summed E-state index contributed by atoms with van der Waals surface area (Å²) >= 11 is 0. The second kappa shape index (κ2) is 10.8. The van der Waals surface area contributed by atoms with Gasteiger partial charge in [-0.15, -0.1) is 0 Å². The van der Waals surface area contributed by atoms with E-state index in [2.05, 4.69) is 10.6 Å². The molecule has 0 fully saturated rings. The maximum Gasteiger partial charge on any atom is 0.475 e. The second-order valence-electron chi connectivity index (χ2n) is 7.31. The Labute approximate surface area is 170 Å². The maximum absolute atomic E-state index is 12.6. The van der Waals surface area contributed by atoms with Crippen LogP contribution in [0.1, 0.15) is 30.6 Å². The molecular weight excluding hydrogens is 371 g/mol. The van der Waals surface area contributed by atoms with Crippen molar-refractivity contribution in [3.8, 4) is 11.1 Å². The predicted molar refractivity (Wildman–Crippen MR) is 112 cm³/mol. The van der Waals surface area contributed by atoms with Crippen LogP contribution in [0.4, 0.5) is 0 Å². The van der Waals surface area contributed by atoms with Gasteiger partial charge < -0.3 is 25.8 Å². The van der Waals surface area contributed by atoms with Crippen molar-refractivity contribution in [1.82, 2.24) is 10.6 Å². The molecule has 5 N–H and O–H groups in total. The van der Waals surface area contributed by atoms with Gasteiger partial charge in [-0.05, 0) is 35.6 Å². The minimum Gasteiger partial charge on any atom is -0.426 e. The van der Waals surface area contributed by atoms with E-state index in [1.807, 2.05) is 50.2 Å². The van der Waals surface area contributed by atoms with E-state index >= 15 is 0 Å². The Morgan fingerprint density at radius 1 is 0.966 bits per heavy atom. The smallest absolute Gasteiger partial charge is 0.426 e. The number of aliphatic hydroxyl groups excluding tert-OH is 1. The molecule has 2 amide bonds. The molecule has 2 rings (SSSR count). The lowest BCUT2D eigenvalue weighted by atomic mass is 9.75. The number of hydrogen-bond donors (Lipinski definition) is 5. The number of aliphatic hydroxyl groups is 1. The van der Waals surface area contributed by atoms with E-state index in [0.717, 1.165) is 11.1 Å². The Morgan fingerprint density at radius 2 is 1.62 bits per heavy atom. The summed E-state index contributed by atoms with van der Waals surface area (Å²) in [7, 11) is -1.74. The monoisotopic (exact) mass is 398 g/mol. The number of amides is 2. The zero-order valence-corrected chi connectivity index (χ0v) is 16.6. The van der Waals surface area contributed by atoms with Crippen molar-refractivity contribution in [2.24, 2.45) is 5.92 Å². The number of carbonyl (C=O) groups excluding carboxylic acids is 2. The highest BCUT2D eigenvalue weighted by Gasteiger charge is 2.29. The van der Waals surface area contributed by atoms with Gasteiger partial charge in [0.15, 0.2) is 0 Å². The maximum atomic E-state index is 12.6. The van der Waals surface area contributed by atoms with E-state index in [4.69, 9.17) is 0 Å². The molecule has 154 valence electrons. The van der Waals surface area contributed by atoms with Gasteiger partial charge in [0.25, 0.3) is 5.91 Å². The van der Waals surface area contributed by atoms with Crippen LogP contribution in [0.25, 0.3) is 11.1 Å². The van der Waals surface area contributed by atoms with Crippen molar-refractivity contribution in [2.75, 3.05) is 6.61 Å². The second-order valence-corrected chi connectivity index (χ2v) is 7.31. The van der Waals surface area contributed by atoms with E-state index < -0.39 is 37.5 Å². The van der Waals surface area contributed by atoms with Crippen molar-refractivity contribution in [3.05, 3.63) is 60.2 Å². The Morgan fingerprint density at radius 3 is 2.21 bits per heavy atom. The minimum absolute atomic E-state index is 0.116. The number of benzene rings is 2. The molecule has 29 heavy (non-hydrogen) atoms. The number of carbonyl (C=O) groups is 2. The molecule has 2 atom stereocenters. The van der Waals surface area contributed by atoms with Crippen molar-refractivity contribution >= 4 is 18.9 Å². The molecule has 0 heterocycles. The molecule has 0 saturated carbocycles. The Bertz CT molecular complexity index is 814. The number of rotatable bonds is 9. The highest BCUT2D eigenvalue weighted by Crippen LogP contribution is 2.20. The zero-order valence-electron chi connectivity index (χ0n) is 16.6. The standard InChI is InChI=1S/C21H27BN2O5/c1-14(2)11-19(22(28)29)24-21(27)18(13-25)23-20(26)17-10-6-9-16(12-17)15-7-4-3-5-8-15/h3-10,12,14,18-19,25,28-29H,11,13H2,1-2H3,(H,23,26)(H,24,27)/t18-,19-/m0/s1. The van der Waals surface area contributed by atoms with E-state index in [1.165, 1.54) is 0 Å². The molecule has 0 saturated heterocycles. The van der Waals surface area contributed by atoms with Crippen molar-refractivity contribution < 1.29 is 24.7 Å². The highest BCUT2D eigenvalue weighted by atomic mass is 16.4. The van der Waals surface area contributed by atoms with Gasteiger partial charge >= 0.3 is 7.12 Å². The first-order valence-corrected chi connectivity index (χ1v) is 9.55. The molecule has 2 aromatic rings. The Kier molecular flexibility index (Phi) is 8.39. The van der Waals surface area contributed by atoms with Crippen LogP contribution in [-0.4, -0.2) is 52.7 Å². The van der Waals surface area contributed by atoms with Gasteiger partial charge in [0, 0.05) is 5.56 Å². The molecule has 0 unspecified atom stereocenters. The summed E-state index contributed by atoms with van der Waals surface area (Å²) in [5, 5.41) is 33.4. The minimum atomic E-state index is -1.74. The molecule has 8 heteroatoms. The molecule has 2 aromatic carbocycles. The average Bonchev–Trinajstić information content (AvgIpc) is 2.71. The van der Waals surface area contributed by atoms with E-state index in [0.29, 0.717) is 12.0 Å². The summed E-state index contributed by atoms with van der Waals surface area (Å²) in [6.45, 7) is 3.14. The molecule has 0 aliphatic carbocycles. The first kappa shape index (κ1) is 22.6. The molecule has 7 nitrogen and oxygen atoms in total. The lowest BCUT2D eigenvalue weighted by Crippen LogP contribution is -2.55. The topological polar surface area (TPSA) is 119 Å². The van der Waals surface area contributed by atoms with Crippen molar-refractivity contribution in [3.63, 3.8) is 0 Å². The highest BCUT2D eigenvalue weighted by molar-refractivity contribution is 6.43. The van der Waals surface area contributed by atoms with Gasteiger partial charge in [0.1, 0.15) is 6.04 Å². The van der Waals surface area contributed by atoms with Crippen molar-refractivity contribution in [2.45, 2.75) is 32.3 Å². The normalized spacial score (nSPS) is 12.9. The van der Waals surface area contributed by atoms with Crippen molar-refractivity contribution in [1.29, 1.82) is 0 Å². The fourth-order valence-corrected chi connectivity index (χ4v) is 2.95. The summed E-state index contributed by atoms with van der Waals surface area (Å²) in [5.41, 5.74) is 2.15. The van der Waals surface area contributed by atoms with Gasteiger partial charge in [-0.1, -0.05) is 56.3 Å². The summed E-state index contributed by atoms with van der Waals surface area (Å²) in [4.78, 5) is 25.0. The predicted octanol–water partition coefficient (Wildman–Crippen LogP) is 0.987. The molecule has 0 spiro atoms. The van der Waals surface area contributed by atoms with Gasteiger partial charge in [-0.25, -0.2) is 0 Å². The van der Waals surface area contributed by atoms with Crippen LogP contribution in [0.2, 0.25) is 0 Å².